The Balaban J connectivity index is 1.44. The van der Waals surface area contributed by atoms with Crippen LogP contribution in [0.4, 0.5) is 5.69 Å². The second-order valence-corrected chi connectivity index (χ2v) is 8.16. The number of hydrogen-bond acceptors (Lipinski definition) is 4. The van der Waals surface area contributed by atoms with Crippen LogP contribution in [-0.4, -0.2) is 16.0 Å². The molecule has 6 heteroatoms. The van der Waals surface area contributed by atoms with E-state index in [1.807, 2.05) is 55.5 Å². The molecule has 5 nitrogen and oxygen atoms in total. The van der Waals surface area contributed by atoms with Crippen LogP contribution in [0.2, 0.25) is 0 Å². The Kier molecular flexibility index (Phi) is 5.82. The average molecular weight is 430 g/mol. The van der Waals surface area contributed by atoms with Crippen LogP contribution in [0.15, 0.2) is 71.1 Å². The van der Waals surface area contributed by atoms with Crippen LogP contribution in [0.3, 0.4) is 0 Å². The summed E-state index contributed by atoms with van der Waals surface area (Å²) in [7, 11) is 0. The highest BCUT2D eigenvalue weighted by Crippen LogP contribution is 2.27. The number of anilines is 1. The molecule has 1 amide bonds. The number of amides is 1. The van der Waals surface area contributed by atoms with E-state index in [1.54, 1.807) is 6.07 Å². The standard InChI is InChI=1S/C25H23N3O2S/c1-15(2)18-9-12-22-21(14-18)27-24(30-22)17-7-10-20(11-8-17)26-25(31)28-23(29)19-6-4-5-16(3)13-19/h4-15H,1-3H3,(H2,26,28,29,31). The van der Waals surface area contributed by atoms with Gasteiger partial charge in [-0.2, -0.15) is 0 Å². The van der Waals surface area contributed by atoms with Crippen molar-refractivity contribution in [2.75, 3.05) is 5.32 Å². The van der Waals surface area contributed by atoms with E-state index in [9.17, 15) is 4.79 Å². The SMILES string of the molecule is Cc1cccc(C(=O)NC(=S)Nc2ccc(-c3nc4cc(C(C)C)ccc4o3)cc2)c1. The molecular formula is C25H23N3O2S. The van der Waals surface area contributed by atoms with Crippen molar-refractivity contribution in [3.05, 3.63) is 83.4 Å². The summed E-state index contributed by atoms with van der Waals surface area (Å²) in [6, 6.07) is 21.0. The Morgan fingerprint density at radius 1 is 1.03 bits per heavy atom. The molecule has 3 aromatic carbocycles. The molecule has 0 aliphatic heterocycles. The van der Waals surface area contributed by atoms with Crippen molar-refractivity contribution in [1.82, 2.24) is 10.3 Å². The summed E-state index contributed by atoms with van der Waals surface area (Å²) < 4.78 is 5.91. The number of fused-ring (bicyclic) bond motifs is 1. The van der Waals surface area contributed by atoms with Gasteiger partial charge in [-0.15, -0.1) is 0 Å². The van der Waals surface area contributed by atoms with Gasteiger partial charge in [0.15, 0.2) is 10.7 Å². The normalized spacial score (nSPS) is 11.0. The smallest absolute Gasteiger partial charge is 0.257 e. The van der Waals surface area contributed by atoms with Gasteiger partial charge in [0.25, 0.3) is 5.91 Å². The average Bonchev–Trinajstić information content (AvgIpc) is 3.17. The second-order valence-electron chi connectivity index (χ2n) is 7.76. The minimum Gasteiger partial charge on any atom is -0.436 e. The minimum absolute atomic E-state index is 0.238. The molecule has 0 saturated carbocycles. The third-order valence-electron chi connectivity index (χ3n) is 4.98. The summed E-state index contributed by atoms with van der Waals surface area (Å²) in [4.78, 5) is 17.0. The number of benzene rings is 3. The fraction of sp³-hybridized carbons (Fsp3) is 0.160. The van der Waals surface area contributed by atoms with Crippen LogP contribution in [0.5, 0.6) is 0 Å². The number of nitrogens with zero attached hydrogens (tertiary/aromatic N) is 1. The van der Waals surface area contributed by atoms with Gasteiger partial charge in [-0.05, 0) is 79.2 Å². The lowest BCUT2D eigenvalue weighted by atomic mass is 10.0. The van der Waals surface area contributed by atoms with Gasteiger partial charge in [-0.3, -0.25) is 10.1 Å². The Hall–Kier alpha value is -3.51. The van der Waals surface area contributed by atoms with E-state index in [-0.39, 0.29) is 11.0 Å². The minimum atomic E-state index is -0.245. The van der Waals surface area contributed by atoms with Gasteiger partial charge in [0.1, 0.15) is 5.52 Å². The first-order chi connectivity index (χ1) is 14.9. The first kappa shape index (κ1) is 20.8. The van der Waals surface area contributed by atoms with Gasteiger partial charge < -0.3 is 9.73 Å². The highest BCUT2D eigenvalue weighted by molar-refractivity contribution is 7.80. The van der Waals surface area contributed by atoms with Crippen LogP contribution >= 0.6 is 12.2 Å². The summed E-state index contributed by atoms with van der Waals surface area (Å²) >= 11 is 5.27. The van der Waals surface area contributed by atoms with Crippen molar-refractivity contribution < 1.29 is 9.21 Å². The number of aromatic nitrogens is 1. The summed E-state index contributed by atoms with van der Waals surface area (Å²) in [6.45, 7) is 6.25. The lowest BCUT2D eigenvalue weighted by molar-refractivity contribution is 0.0977. The highest BCUT2D eigenvalue weighted by Gasteiger charge is 2.11. The maximum absolute atomic E-state index is 12.3. The van der Waals surface area contributed by atoms with Crippen molar-refractivity contribution in [3.63, 3.8) is 0 Å². The fourth-order valence-corrected chi connectivity index (χ4v) is 3.46. The molecule has 156 valence electrons. The monoisotopic (exact) mass is 429 g/mol. The number of carbonyl (C=O) groups excluding carboxylic acids is 1. The Morgan fingerprint density at radius 3 is 2.52 bits per heavy atom. The molecule has 0 fully saturated rings. The van der Waals surface area contributed by atoms with E-state index in [0.717, 1.165) is 27.9 Å². The molecular weight excluding hydrogens is 406 g/mol. The summed E-state index contributed by atoms with van der Waals surface area (Å²) in [5.74, 6) is 0.757. The van der Waals surface area contributed by atoms with Crippen LogP contribution in [0.25, 0.3) is 22.6 Å². The molecule has 0 spiro atoms. The third kappa shape index (κ3) is 4.81. The van der Waals surface area contributed by atoms with Crippen LogP contribution in [0.1, 0.15) is 41.3 Å². The van der Waals surface area contributed by atoms with E-state index >= 15 is 0 Å². The van der Waals surface area contributed by atoms with Gasteiger partial charge in [0.2, 0.25) is 5.89 Å². The second kappa shape index (κ2) is 8.70. The first-order valence-corrected chi connectivity index (χ1v) is 10.5. The molecule has 0 bridgehead atoms. The van der Waals surface area contributed by atoms with E-state index in [4.69, 9.17) is 16.6 Å². The first-order valence-electron chi connectivity index (χ1n) is 10.1. The molecule has 1 heterocycles. The molecule has 0 unspecified atom stereocenters. The Labute approximate surface area is 186 Å². The Bertz CT molecular complexity index is 1260. The zero-order chi connectivity index (χ0) is 22.0. The summed E-state index contributed by atoms with van der Waals surface area (Å²) in [5.41, 5.74) is 6.05. The van der Waals surface area contributed by atoms with E-state index < -0.39 is 0 Å². The molecule has 4 rings (SSSR count). The molecule has 31 heavy (non-hydrogen) atoms. The number of aryl methyl sites for hydroxylation is 1. The topological polar surface area (TPSA) is 67.2 Å². The number of hydrogen-bond donors (Lipinski definition) is 2. The molecule has 1 aromatic heterocycles. The number of rotatable bonds is 4. The molecule has 0 aliphatic rings. The van der Waals surface area contributed by atoms with Crippen LogP contribution in [0, 0.1) is 6.92 Å². The maximum atomic E-state index is 12.3. The lowest BCUT2D eigenvalue weighted by Crippen LogP contribution is -2.34. The predicted molar refractivity (Wildman–Crippen MR) is 128 cm³/mol. The fourth-order valence-electron chi connectivity index (χ4n) is 3.25. The van der Waals surface area contributed by atoms with Gasteiger partial charge in [-0.25, -0.2) is 4.98 Å². The van der Waals surface area contributed by atoms with E-state index in [2.05, 4.69) is 41.6 Å². The number of thiocarbonyl (C=S) groups is 1. The van der Waals surface area contributed by atoms with Crippen molar-refractivity contribution in [2.45, 2.75) is 26.7 Å². The number of oxazole rings is 1. The molecule has 0 atom stereocenters. The number of carbonyl (C=O) groups is 1. The largest absolute Gasteiger partial charge is 0.436 e. The summed E-state index contributed by atoms with van der Waals surface area (Å²) in [6.07, 6.45) is 0. The zero-order valence-corrected chi connectivity index (χ0v) is 18.4. The highest BCUT2D eigenvalue weighted by atomic mass is 32.1. The molecule has 2 N–H and O–H groups in total. The third-order valence-corrected chi connectivity index (χ3v) is 5.18. The van der Waals surface area contributed by atoms with Gasteiger partial charge in [-0.1, -0.05) is 37.6 Å². The molecule has 0 radical (unpaired) electrons. The van der Waals surface area contributed by atoms with E-state index in [0.29, 0.717) is 17.4 Å². The van der Waals surface area contributed by atoms with Gasteiger partial charge in [0, 0.05) is 16.8 Å². The lowest BCUT2D eigenvalue weighted by Gasteiger charge is -2.10. The molecule has 0 aliphatic carbocycles. The van der Waals surface area contributed by atoms with Gasteiger partial charge >= 0.3 is 0 Å². The van der Waals surface area contributed by atoms with Crippen LogP contribution < -0.4 is 10.6 Å². The van der Waals surface area contributed by atoms with Crippen molar-refractivity contribution in [2.24, 2.45) is 0 Å². The van der Waals surface area contributed by atoms with Crippen LogP contribution in [-0.2, 0) is 0 Å². The molecule has 4 aromatic rings. The Morgan fingerprint density at radius 2 is 1.81 bits per heavy atom. The quantitative estimate of drug-likeness (QED) is 0.386. The van der Waals surface area contributed by atoms with Crippen molar-refractivity contribution >= 4 is 40.0 Å². The maximum Gasteiger partial charge on any atom is 0.257 e. The summed E-state index contributed by atoms with van der Waals surface area (Å²) in [5, 5.41) is 5.97. The van der Waals surface area contributed by atoms with E-state index in [1.165, 1.54) is 5.56 Å². The van der Waals surface area contributed by atoms with Gasteiger partial charge in [0.05, 0.1) is 0 Å². The predicted octanol–water partition coefficient (Wildman–Crippen LogP) is 6.05. The van der Waals surface area contributed by atoms with Crippen molar-refractivity contribution in [1.29, 1.82) is 0 Å². The molecule has 0 saturated heterocycles. The van der Waals surface area contributed by atoms with Crippen molar-refractivity contribution in [3.8, 4) is 11.5 Å². The zero-order valence-electron chi connectivity index (χ0n) is 17.6. The number of nitrogens with one attached hydrogen (secondary N) is 2.